The van der Waals surface area contributed by atoms with Crippen LogP contribution in [0.5, 0.6) is 0 Å². The third kappa shape index (κ3) is 4.77. The number of nitrogens with zero attached hydrogens (tertiary/aromatic N) is 1. The molecule has 2 atom stereocenters. The molecule has 7 heteroatoms. The van der Waals surface area contributed by atoms with E-state index in [0.717, 1.165) is 19.3 Å². The molecular formula is C16H21N3O4. The molecule has 2 rings (SSSR count). The van der Waals surface area contributed by atoms with Crippen LogP contribution in [0.4, 0.5) is 5.82 Å². The molecule has 0 aliphatic heterocycles. The standard InChI is InChI=1S/C16H21N3O4/c1-10(20)19-14-8-11(6-7-17-14)15(21)18-9-12-4-2-3-5-13(12)16(22)23/h6-8,12-13H,2-5,9H2,1H3,(H,18,21)(H,22,23)(H,17,19,20)/t12-,13-/m0/s1. The summed E-state index contributed by atoms with van der Waals surface area (Å²) >= 11 is 0. The second kappa shape index (κ2) is 7.71. The van der Waals surface area contributed by atoms with Gasteiger partial charge in [-0.15, -0.1) is 0 Å². The summed E-state index contributed by atoms with van der Waals surface area (Å²) in [6, 6.07) is 3.04. The van der Waals surface area contributed by atoms with Crippen LogP contribution in [0.3, 0.4) is 0 Å². The molecule has 1 saturated carbocycles. The van der Waals surface area contributed by atoms with E-state index < -0.39 is 11.9 Å². The quantitative estimate of drug-likeness (QED) is 0.765. The molecule has 0 saturated heterocycles. The summed E-state index contributed by atoms with van der Waals surface area (Å²) in [5.41, 5.74) is 0.381. The summed E-state index contributed by atoms with van der Waals surface area (Å²) in [4.78, 5) is 38.4. The van der Waals surface area contributed by atoms with Gasteiger partial charge in [0.2, 0.25) is 5.91 Å². The number of amides is 2. The smallest absolute Gasteiger partial charge is 0.306 e. The van der Waals surface area contributed by atoms with Crippen LogP contribution in [-0.4, -0.2) is 34.4 Å². The summed E-state index contributed by atoms with van der Waals surface area (Å²) in [6.07, 6.45) is 4.83. The van der Waals surface area contributed by atoms with E-state index in [9.17, 15) is 19.5 Å². The lowest BCUT2D eigenvalue weighted by Gasteiger charge is -2.28. The van der Waals surface area contributed by atoms with Crippen LogP contribution in [0, 0.1) is 11.8 Å². The second-order valence-corrected chi connectivity index (χ2v) is 5.81. The van der Waals surface area contributed by atoms with Gasteiger partial charge in [-0.25, -0.2) is 4.98 Å². The summed E-state index contributed by atoms with van der Waals surface area (Å²) in [5, 5.41) is 14.6. The molecule has 0 aromatic carbocycles. The average Bonchev–Trinajstić information content (AvgIpc) is 2.52. The van der Waals surface area contributed by atoms with Gasteiger partial charge in [0.1, 0.15) is 5.82 Å². The Balaban J connectivity index is 1.96. The monoisotopic (exact) mass is 319 g/mol. The van der Waals surface area contributed by atoms with Crippen molar-refractivity contribution in [2.45, 2.75) is 32.6 Å². The highest BCUT2D eigenvalue weighted by molar-refractivity contribution is 5.96. The molecule has 0 bridgehead atoms. The van der Waals surface area contributed by atoms with E-state index in [-0.39, 0.29) is 17.7 Å². The van der Waals surface area contributed by atoms with E-state index in [2.05, 4.69) is 15.6 Å². The van der Waals surface area contributed by atoms with Gasteiger partial charge in [0.05, 0.1) is 5.92 Å². The highest BCUT2D eigenvalue weighted by Crippen LogP contribution is 2.29. The maximum atomic E-state index is 12.2. The van der Waals surface area contributed by atoms with Gasteiger partial charge in [-0.2, -0.15) is 0 Å². The maximum Gasteiger partial charge on any atom is 0.306 e. The van der Waals surface area contributed by atoms with Crippen LogP contribution in [0.2, 0.25) is 0 Å². The van der Waals surface area contributed by atoms with E-state index in [1.807, 2.05) is 0 Å². The van der Waals surface area contributed by atoms with Crippen LogP contribution in [-0.2, 0) is 9.59 Å². The third-order valence-electron chi connectivity index (χ3n) is 4.08. The Kier molecular flexibility index (Phi) is 5.67. The Hall–Kier alpha value is -2.44. The molecule has 0 radical (unpaired) electrons. The molecule has 1 heterocycles. The molecule has 1 fully saturated rings. The van der Waals surface area contributed by atoms with Gasteiger partial charge in [-0.3, -0.25) is 14.4 Å². The van der Waals surface area contributed by atoms with Gasteiger partial charge in [0.25, 0.3) is 5.91 Å². The molecule has 0 unspecified atom stereocenters. The van der Waals surface area contributed by atoms with E-state index in [0.29, 0.717) is 24.3 Å². The molecule has 1 aliphatic carbocycles. The van der Waals surface area contributed by atoms with Crippen molar-refractivity contribution in [3.8, 4) is 0 Å². The third-order valence-corrected chi connectivity index (χ3v) is 4.08. The van der Waals surface area contributed by atoms with Crippen LogP contribution in [0.15, 0.2) is 18.3 Å². The van der Waals surface area contributed by atoms with Crippen molar-refractivity contribution in [3.63, 3.8) is 0 Å². The number of carboxylic acids is 1. The number of carbonyl (C=O) groups is 3. The Labute approximate surface area is 134 Å². The normalized spacial score (nSPS) is 20.6. The SMILES string of the molecule is CC(=O)Nc1cc(C(=O)NC[C@@H]2CCCC[C@@H]2C(=O)O)ccn1. The molecular weight excluding hydrogens is 298 g/mol. The largest absolute Gasteiger partial charge is 0.481 e. The van der Waals surface area contributed by atoms with Gasteiger partial charge < -0.3 is 15.7 Å². The van der Waals surface area contributed by atoms with Crippen LogP contribution in [0.1, 0.15) is 43.0 Å². The minimum atomic E-state index is -0.791. The van der Waals surface area contributed by atoms with E-state index in [4.69, 9.17) is 0 Å². The fourth-order valence-electron chi connectivity index (χ4n) is 2.92. The Morgan fingerprint density at radius 2 is 2.04 bits per heavy atom. The first kappa shape index (κ1) is 16.9. The van der Waals surface area contributed by atoms with Crippen molar-refractivity contribution in [2.24, 2.45) is 11.8 Å². The van der Waals surface area contributed by atoms with Crippen molar-refractivity contribution in [2.75, 3.05) is 11.9 Å². The summed E-state index contributed by atoms with van der Waals surface area (Å²) < 4.78 is 0. The van der Waals surface area contributed by atoms with Crippen molar-refractivity contribution in [3.05, 3.63) is 23.9 Å². The number of nitrogens with one attached hydrogen (secondary N) is 2. The molecule has 0 spiro atoms. The zero-order chi connectivity index (χ0) is 16.8. The minimum Gasteiger partial charge on any atom is -0.481 e. The van der Waals surface area contributed by atoms with E-state index in [1.165, 1.54) is 19.2 Å². The van der Waals surface area contributed by atoms with Crippen LogP contribution in [0.25, 0.3) is 0 Å². The first-order chi connectivity index (χ1) is 11.0. The van der Waals surface area contributed by atoms with Gasteiger partial charge in [0.15, 0.2) is 0 Å². The Morgan fingerprint density at radius 1 is 1.30 bits per heavy atom. The molecule has 7 nitrogen and oxygen atoms in total. The summed E-state index contributed by atoms with van der Waals surface area (Å²) in [7, 11) is 0. The number of rotatable bonds is 5. The number of carbonyl (C=O) groups excluding carboxylic acids is 2. The lowest BCUT2D eigenvalue weighted by atomic mass is 9.79. The molecule has 2 amide bonds. The van der Waals surface area contributed by atoms with E-state index in [1.54, 1.807) is 6.07 Å². The van der Waals surface area contributed by atoms with Crippen LogP contribution < -0.4 is 10.6 Å². The predicted molar refractivity (Wildman–Crippen MR) is 84.0 cm³/mol. The maximum absolute atomic E-state index is 12.2. The molecule has 1 aromatic rings. The highest BCUT2D eigenvalue weighted by atomic mass is 16.4. The van der Waals surface area contributed by atoms with Gasteiger partial charge in [-0.1, -0.05) is 12.8 Å². The number of aliphatic carboxylic acids is 1. The van der Waals surface area contributed by atoms with Crippen molar-refractivity contribution in [1.82, 2.24) is 10.3 Å². The zero-order valence-electron chi connectivity index (χ0n) is 13.0. The number of carboxylic acid groups (broad SMARTS) is 1. The molecule has 1 aromatic heterocycles. The van der Waals surface area contributed by atoms with Crippen molar-refractivity contribution >= 4 is 23.6 Å². The zero-order valence-corrected chi connectivity index (χ0v) is 13.0. The molecule has 3 N–H and O–H groups in total. The first-order valence-corrected chi connectivity index (χ1v) is 7.72. The van der Waals surface area contributed by atoms with E-state index >= 15 is 0 Å². The number of pyridine rings is 1. The lowest BCUT2D eigenvalue weighted by Crippen LogP contribution is -2.37. The summed E-state index contributed by atoms with van der Waals surface area (Å²) in [6.45, 7) is 1.71. The predicted octanol–water partition coefficient (Wildman–Crippen LogP) is 1.66. The van der Waals surface area contributed by atoms with Crippen molar-refractivity contribution < 1.29 is 19.5 Å². The topological polar surface area (TPSA) is 108 Å². The number of anilines is 1. The fraction of sp³-hybridized carbons (Fsp3) is 0.500. The average molecular weight is 319 g/mol. The highest BCUT2D eigenvalue weighted by Gasteiger charge is 2.30. The minimum absolute atomic E-state index is 0.0400. The number of hydrogen-bond donors (Lipinski definition) is 3. The molecule has 1 aliphatic rings. The Morgan fingerprint density at radius 3 is 2.74 bits per heavy atom. The van der Waals surface area contributed by atoms with Gasteiger partial charge >= 0.3 is 5.97 Å². The molecule has 23 heavy (non-hydrogen) atoms. The fourth-order valence-corrected chi connectivity index (χ4v) is 2.92. The lowest BCUT2D eigenvalue weighted by molar-refractivity contribution is -0.144. The number of hydrogen-bond acceptors (Lipinski definition) is 4. The second-order valence-electron chi connectivity index (χ2n) is 5.81. The Bertz CT molecular complexity index is 603. The summed E-state index contributed by atoms with van der Waals surface area (Å²) in [5.74, 6) is -1.47. The van der Waals surface area contributed by atoms with Gasteiger partial charge in [0, 0.05) is 25.2 Å². The van der Waals surface area contributed by atoms with Gasteiger partial charge in [-0.05, 0) is 30.9 Å². The first-order valence-electron chi connectivity index (χ1n) is 7.72. The van der Waals surface area contributed by atoms with Crippen LogP contribution >= 0.6 is 0 Å². The number of aromatic nitrogens is 1. The van der Waals surface area contributed by atoms with Crippen molar-refractivity contribution in [1.29, 1.82) is 0 Å². The molecule has 124 valence electrons.